The van der Waals surface area contributed by atoms with Crippen LogP contribution in [0.2, 0.25) is 0 Å². The van der Waals surface area contributed by atoms with E-state index in [1.807, 2.05) is 32.0 Å². The zero-order valence-electron chi connectivity index (χ0n) is 12.0. The molecule has 0 fully saturated rings. The van der Waals surface area contributed by atoms with Gasteiger partial charge in [0.2, 0.25) is 10.0 Å². The van der Waals surface area contributed by atoms with Crippen molar-refractivity contribution in [2.45, 2.75) is 31.7 Å². The molecule has 2 heterocycles. The van der Waals surface area contributed by atoms with Crippen LogP contribution in [-0.2, 0) is 23.0 Å². The largest absolute Gasteiger partial charge is 0.493 e. The lowest BCUT2D eigenvalue weighted by Gasteiger charge is -2.07. The second-order valence-electron chi connectivity index (χ2n) is 5.14. The highest BCUT2D eigenvalue weighted by Gasteiger charge is 2.19. The SMILES string of the molecule is Cc1cc(S(=O)(=O)NCc2ccc3c(c2)CCO3)c(C)s1. The molecule has 1 aliphatic heterocycles. The molecular formula is C15H17NO3S2. The molecule has 0 aliphatic carbocycles. The molecule has 1 aromatic heterocycles. The Kier molecular flexibility index (Phi) is 3.77. The van der Waals surface area contributed by atoms with Gasteiger partial charge in [0.15, 0.2) is 0 Å². The van der Waals surface area contributed by atoms with Crippen molar-refractivity contribution in [2.24, 2.45) is 0 Å². The van der Waals surface area contributed by atoms with Crippen molar-refractivity contribution in [3.63, 3.8) is 0 Å². The van der Waals surface area contributed by atoms with Crippen molar-refractivity contribution in [3.05, 3.63) is 45.1 Å². The number of ether oxygens (including phenoxy) is 1. The average Bonchev–Trinajstić information content (AvgIpc) is 3.02. The van der Waals surface area contributed by atoms with Crippen molar-refractivity contribution in [1.82, 2.24) is 4.72 Å². The summed E-state index contributed by atoms with van der Waals surface area (Å²) in [5.74, 6) is 0.908. The van der Waals surface area contributed by atoms with Gasteiger partial charge in [0.25, 0.3) is 0 Å². The quantitative estimate of drug-likeness (QED) is 0.941. The molecule has 1 N–H and O–H groups in total. The van der Waals surface area contributed by atoms with Crippen LogP contribution in [0.3, 0.4) is 0 Å². The Hall–Kier alpha value is -1.37. The molecule has 0 saturated heterocycles. The smallest absolute Gasteiger partial charge is 0.241 e. The van der Waals surface area contributed by atoms with E-state index in [1.54, 1.807) is 6.07 Å². The Morgan fingerprint density at radius 2 is 2.10 bits per heavy atom. The van der Waals surface area contributed by atoms with Crippen LogP contribution in [0.25, 0.3) is 0 Å². The predicted molar refractivity (Wildman–Crippen MR) is 83.5 cm³/mol. The third kappa shape index (κ3) is 2.97. The van der Waals surface area contributed by atoms with E-state index in [1.165, 1.54) is 11.3 Å². The molecule has 0 unspecified atom stereocenters. The molecule has 1 aliphatic rings. The standard InChI is InChI=1S/C15H17NO3S2/c1-10-7-15(11(2)20-10)21(17,18)16-9-12-3-4-14-13(8-12)5-6-19-14/h3-4,7-8,16H,5-6,9H2,1-2H3. The first kappa shape index (κ1) is 14.6. The molecule has 2 aromatic rings. The van der Waals surface area contributed by atoms with Crippen molar-refractivity contribution in [2.75, 3.05) is 6.61 Å². The van der Waals surface area contributed by atoms with E-state index in [0.717, 1.165) is 33.1 Å². The van der Waals surface area contributed by atoms with Gasteiger partial charge in [-0.1, -0.05) is 12.1 Å². The second kappa shape index (κ2) is 5.44. The molecule has 4 nitrogen and oxygen atoms in total. The summed E-state index contributed by atoms with van der Waals surface area (Å²) >= 11 is 1.50. The molecular weight excluding hydrogens is 306 g/mol. The Morgan fingerprint density at radius 1 is 1.29 bits per heavy atom. The molecule has 112 valence electrons. The molecule has 0 spiro atoms. The van der Waals surface area contributed by atoms with E-state index < -0.39 is 10.0 Å². The number of aryl methyl sites for hydroxylation is 2. The van der Waals surface area contributed by atoms with E-state index in [-0.39, 0.29) is 0 Å². The highest BCUT2D eigenvalue weighted by Crippen LogP contribution is 2.27. The summed E-state index contributed by atoms with van der Waals surface area (Å²) in [6, 6.07) is 7.54. The van der Waals surface area contributed by atoms with Crippen LogP contribution in [0, 0.1) is 13.8 Å². The number of rotatable bonds is 4. The first-order chi connectivity index (χ1) is 9.95. The minimum atomic E-state index is -3.45. The van der Waals surface area contributed by atoms with Gasteiger partial charge in [0.1, 0.15) is 5.75 Å². The van der Waals surface area contributed by atoms with E-state index in [0.29, 0.717) is 18.0 Å². The van der Waals surface area contributed by atoms with Gasteiger partial charge >= 0.3 is 0 Å². The molecule has 6 heteroatoms. The van der Waals surface area contributed by atoms with Crippen LogP contribution < -0.4 is 9.46 Å². The topological polar surface area (TPSA) is 55.4 Å². The molecule has 0 bridgehead atoms. The number of benzene rings is 1. The Balaban J connectivity index is 1.76. The second-order valence-corrected chi connectivity index (χ2v) is 8.34. The van der Waals surface area contributed by atoms with E-state index in [9.17, 15) is 8.42 Å². The van der Waals surface area contributed by atoms with Gasteiger partial charge in [-0.15, -0.1) is 11.3 Å². The Bertz CT molecular complexity index is 778. The minimum Gasteiger partial charge on any atom is -0.493 e. The van der Waals surface area contributed by atoms with Gasteiger partial charge < -0.3 is 4.74 Å². The lowest BCUT2D eigenvalue weighted by molar-refractivity contribution is 0.357. The maximum Gasteiger partial charge on any atom is 0.241 e. The molecule has 0 atom stereocenters. The fourth-order valence-electron chi connectivity index (χ4n) is 2.48. The van der Waals surface area contributed by atoms with Crippen molar-refractivity contribution in [3.8, 4) is 5.75 Å². The predicted octanol–water partition coefficient (Wildman–Crippen LogP) is 2.78. The van der Waals surface area contributed by atoms with Crippen LogP contribution in [-0.4, -0.2) is 15.0 Å². The van der Waals surface area contributed by atoms with Crippen molar-refractivity contribution >= 4 is 21.4 Å². The Morgan fingerprint density at radius 3 is 2.81 bits per heavy atom. The average molecular weight is 323 g/mol. The minimum absolute atomic E-state index is 0.296. The normalized spacial score (nSPS) is 14.0. The van der Waals surface area contributed by atoms with Gasteiger partial charge in [-0.3, -0.25) is 0 Å². The van der Waals surface area contributed by atoms with Gasteiger partial charge in [-0.05, 0) is 37.1 Å². The molecule has 21 heavy (non-hydrogen) atoms. The van der Waals surface area contributed by atoms with Gasteiger partial charge in [-0.2, -0.15) is 0 Å². The zero-order chi connectivity index (χ0) is 15.0. The summed E-state index contributed by atoms with van der Waals surface area (Å²) in [6.07, 6.45) is 0.888. The van der Waals surface area contributed by atoms with E-state index in [4.69, 9.17) is 4.74 Å². The van der Waals surface area contributed by atoms with Crippen LogP contribution in [0.5, 0.6) is 5.75 Å². The zero-order valence-corrected chi connectivity index (χ0v) is 13.6. The maximum atomic E-state index is 12.3. The van der Waals surface area contributed by atoms with Gasteiger partial charge in [0, 0.05) is 22.7 Å². The van der Waals surface area contributed by atoms with Gasteiger partial charge in [-0.25, -0.2) is 13.1 Å². The fourth-order valence-corrected chi connectivity index (χ4v) is 5.05. The summed E-state index contributed by atoms with van der Waals surface area (Å²) in [4.78, 5) is 2.21. The van der Waals surface area contributed by atoms with Crippen molar-refractivity contribution < 1.29 is 13.2 Å². The highest BCUT2D eigenvalue weighted by atomic mass is 32.2. The van der Waals surface area contributed by atoms with Crippen LogP contribution >= 0.6 is 11.3 Å². The number of fused-ring (bicyclic) bond motifs is 1. The molecule has 0 amide bonds. The third-order valence-electron chi connectivity index (χ3n) is 3.51. The molecule has 0 radical (unpaired) electrons. The maximum absolute atomic E-state index is 12.3. The number of nitrogens with one attached hydrogen (secondary N) is 1. The summed E-state index contributed by atoms with van der Waals surface area (Å²) in [6.45, 7) is 4.75. The summed E-state index contributed by atoms with van der Waals surface area (Å²) in [7, 11) is -3.45. The summed E-state index contributed by atoms with van der Waals surface area (Å²) < 4.78 is 32.8. The molecule has 3 rings (SSSR count). The number of sulfonamides is 1. The summed E-state index contributed by atoms with van der Waals surface area (Å²) in [5, 5.41) is 0. The highest BCUT2D eigenvalue weighted by molar-refractivity contribution is 7.89. The number of hydrogen-bond acceptors (Lipinski definition) is 4. The summed E-state index contributed by atoms with van der Waals surface area (Å²) in [5.41, 5.74) is 2.10. The van der Waals surface area contributed by atoms with Crippen molar-refractivity contribution in [1.29, 1.82) is 0 Å². The fraction of sp³-hybridized carbons (Fsp3) is 0.333. The first-order valence-corrected chi connectivity index (χ1v) is 9.07. The lowest BCUT2D eigenvalue weighted by Crippen LogP contribution is -2.23. The Labute approximate surface area is 128 Å². The number of hydrogen-bond donors (Lipinski definition) is 1. The monoisotopic (exact) mass is 323 g/mol. The van der Waals surface area contributed by atoms with E-state index >= 15 is 0 Å². The lowest BCUT2D eigenvalue weighted by atomic mass is 10.1. The third-order valence-corrected chi connectivity index (χ3v) is 6.13. The van der Waals surface area contributed by atoms with Gasteiger partial charge in [0.05, 0.1) is 11.5 Å². The van der Waals surface area contributed by atoms with Crippen LogP contribution in [0.15, 0.2) is 29.2 Å². The van der Waals surface area contributed by atoms with Crippen LogP contribution in [0.1, 0.15) is 20.9 Å². The first-order valence-electron chi connectivity index (χ1n) is 6.77. The number of thiophene rings is 1. The van der Waals surface area contributed by atoms with E-state index in [2.05, 4.69) is 4.72 Å². The molecule has 1 aromatic carbocycles. The van der Waals surface area contributed by atoms with Crippen LogP contribution in [0.4, 0.5) is 0 Å². The molecule has 0 saturated carbocycles.